The summed E-state index contributed by atoms with van der Waals surface area (Å²) in [5.74, 6) is -0.0828. The van der Waals surface area contributed by atoms with Crippen LogP contribution in [0.3, 0.4) is 0 Å². The molecule has 1 aliphatic rings. The number of pyridine rings is 1. The number of ether oxygens (including phenoxy) is 1. The van der Waals surface area contributed by atoms with Crippen LogP contribution in [-0.4, -0.2) is 29.2 Å². The molecule has 0 aliphatic heterocycles. The van der Waals surface area contributed by atoms with E-state index in [1.807, 2.05) is 0 Å². The number of carboxylic acid groups (broad SMARTS) is 1. The van der Waals surface area contributed by atoms with Gasteiger partial charge in [-0.1, -0.05) is 0 Å². The smallest absolute Gasteiger partial charge is 0.336 e. The van der Waals surface area contributed by atoms with Gasteiger partial charge >= 0.3 is 5.97 Å². The van der Waals surface area contributed by atoms with E-state index in [1.54, 1.807) is 0 Å². The zero-order valence-corrected chi connectivity index (χ0v) is 9.06. The Morgan fingerprint density at radius 2 is 2.31 bits per heavy atom. The van der Waals surface area contributed by atoms with Crippen molar-refractivity contribution in [2.75, 3.05) is 12.4 Å². The van der Waals surface area contributed by atoms with Crippen LogP contribution < -0.4 is 10.1 Å². The van der Waals surface area contributed by atoms with E-state index in [0.717, 1.165) is 12.8 Å². The molecule has 1 aromatic heterocycles. The summed E-state index contributed by atoms with van der Waals surface area (Å²) in [6.07, 6.45) is 3.44. The fourth-order valence-corrected chi connectivity index (χ4v) is 1.57. The fraction of sp³-hybridized carbons (Fsp3) is 0.455. The minimum absolute atomic E-state index is 0.189. The highest BCUT2D eigenvalue weighted by Gasteiger charge is 2.18. The number of aromatic nitrogens is 1. The summed E-state index contributed by atoms with van der Waals surface area (Å²) < 4.78 is 4.96. The lowest BCUT2D eigenvalue weighted by molar-refractivity contribution is 0.0696. The highest BCUT2D eigenvalue weighted by molar-refractivity contribution is 5.88. The van der Waals surface area contributed by atoms with Gasteiger partial charge in [-0.25, -0.2) is 4.79 Å². The summed E-state index contributed by atoms with van der Waals surface area (Å²) in [7, 11) is 1.47. The van der Waals surface area contributed by atoms with Crippen LogP contribution in [0.4, 0.5) is 5.82 Å². The first-order valence-corrected chi connectivity index (χ1v) is 5.25. The maximum Gasteiger partial charge on any atom is 0.336 e. The van der Waals surface area contributed by atoms with E-state index in [4.69, 9.17) is 9.84 Å². The number of methoxy groups -OCH3 is 1. The Balaban J connectivity index is 2.21. The first-order valence-electron chi connectivity index (χ1n) is 5.25. The normalized spacial score (nSPS) is 15.3. The molecule has 0 amide bonds. The quantitative estimate of drug-likeness (QED) is 0.812. The molecular weight excluding hydrogens is 208 g/mol. The van der Waals surface area contributed by atoms with Gasteiger partial charge in [0.05, 0.1) is 12.7 Å². The molecule has 1 heterocycles. The van der Waals surface area contributed by atoms with E-state index in [2.05, 4.69) is 10.3 Å². The molecule has 1 saturated carbocycles. The Hall–Kier alpha value is -1.78. The molecule has 5 nitrogen and oxygen atoms in total. The minimum atomic E-state index is -0.975. The van der Waals surface area contributed by atoms with Crippen molar-refractivity contribution < 1.29 is 14.6 Å². The molecule has 0 aromatic carbocycles. The lowest BCUT2D eigenvalue weighted by atomic mass is 9.93. The van der Waals surface area contributed by atoms with Crippen LogP contribution in [-0.2, 0) is 0 Å². The number of hydrogen-bond donors (Lipinski definition) is 2. The summed E-state index contributed by atoms with van der Waals surface area (Å²) in [6, 6.07) is 3.36. The second-order valence-electron chi connectivity index (χ2n) is 3.86. The van der Waals surface area contributed by atoms with E-state index < -0.39 is 5.97 Å². The predicted octanol–water partition coefficient (Wildman–Crippen LogP) is 1.75. The second-order valence-corrected chi connectivity index (χ2v) is 3.86. The number of aromatic carboxylic acids is 1. The average molecular weight is 222 g/mol. The van der Waals surface area contributed by atoms with E-state index >= 15 is 0 Å². The third-order valence-electron chi connectivity index (χ3n) is 2.72. The predicted molar refractivity (Wildman–Crippen MR) is 59.0 cm³/mol. The standard InChI is InChI=1S/C11H14N2O3/c1-16-10-6-7(11(14)15)5-9(13-10)12-8-3-2-4-8/h5-6,8H,2-4H2,1H3,(H,12,13)(H,14,15). The van der Waals surface area contributed by atoms with Crippen molar-refractivity contribution >= 4 is 11.8 Å². The van der Waals surface area contributed by atoms with Gasteiger partial charge in [0.15, 0.2) is 0 Å². The van der Waals surface area contributed by atoms with Crippen LogP contribution in [0, 0.1) is 0 Å². The molecule has 16 heavy (non-hydrogen) atoms. The van der Waals surface area contributed by atoms with Crippen molar-refractivity contribution in [2.24, 2.45) is 0 Å². The fourth-order valence-electron chi connectivity index (χ4n) is 1.57. The van der Waals surface area contributed by atoms with Crippen molar-refractivity contribution in [1.29, 1.82) is 0 Å². The molecule has 1 aliphatic carbocycles. The Morgan fingerprint density at radius 3 is 2.81 bits per heavy atom. The molecular formula is C11H14N2O3. The first kappa shape index (κ1) is 10.7. The summed E-state index contributed by atoms with van der Waals surface area (Å²) in [6.45, 7) is 0. The number of nitrogens with one attached hydrogen (secondary N) is 1. The molecule has 0 saturated heterocycles. The lowest BCUT2D eigenvalue weighted by Gasteiger charge is -2.27. The van der Waals surface area contributed by atoms with Gasteiger partial charge in [0.2, 0.25) is 5.88 Å². The number of rotatable bonds is 4. The van der Waals surface area contributed by atoms with Gasteiger partial charge in [-0.15, -0.1) is 0 Å². The number of carboxylic acids is 1. The van der Waals surface area contributed by atoms with Gasteiger partial charge in [0.1, 0.15) is 5.82 Å². The van der Waals surface area contributed by atoms with Gasteiger partial charge in [-0.3, -0.25) is 0 Å². The molecule has 0 spiro atoms. The first-order chi connectivity index (χ1) is 7.69. The number of nitrogens with zero attached hydrogens (tertiary/aromatic N) is 1. The van der Waals surface area contributed by atoms with Crippen molar-refractivity contribution in [3.05, 3.63) is 17.7 Å². The average Bonchev–Trinajstić information content (AvgIpc) is 2.23. The number of carbonyl (C=O) groups is 1. The molecule has 0 unspecified atom stereocenters. The van der Waals surface area contributed by atoms with Gasteiger partial charge in [0, 0.05) is 12.1 Å². The van der Waals surface area contributed by atoms with Crippen molar-refractivity contribution in [1.82, 2.24) is 4.98 Å². The van der Waals surface area contributed by atoms with Crippen LogP contribution in [0.5, 0.6) is 5.88 Å². The molecule has 0 radical (unpaired) electrons. The number of anilines is 1. The maximum absolute atomic E-state index is 10.9. The summed E-state index contributed by atoms with van der Waals surface area (Å²) in [4.78, 5) is 15.0. The summed E-state index contributed by atoms with van der Waals surface area (Å²) >= 11 is 0. The van der Waals surface area contributed by atoms with Gasteiger partial charge in [-0.2, -0.15) is 4.98 Å². The molecule has 86 valence electrons. The van der Waals surface area contributed by atoms with E-state index in [1.165, 1.54) is 25.7 Å². The highest BCUT2D eigenvalue weighted by atomic mass is 16.5. The van der Waals surface area contributed by atoms with Crippen molar-refractivity contribution in [3.8, 4) is 5.88 Å². The zero-order chi connectivity index (χ0) is 11.5. The molecule has 0 atom stereocenters. The Kier molecular flexibility index (Phi) is 2.94. The van der Waals surface area contributed by atoms with Crippen LogP contribution in [0.1, 0.15) is 29.6 Å². The third-order valence-corrected chi connectivity index (χ3v) is 2.72. The third kappa shape index (κ3) is 2.24. The molecule has 0 bridgehead atoms. The van der Waals surface area contributed by atoms with Gasteiger partial charge in [-0.05, 0) is 25.3 Å². The SMILES string of the molecule is COc1cc(C(=O)O)cc(NC2CCC2)n1. The largest absolute Gasteiger partial charge is 0.481 e. The Labute approximate surface area is 93.5 Å². The second kappa shape index (κ2) is 4.38. The monoisotopic (exact) mass is 222 g/mol. The molecule has 2 N–H and O–H groups in total. The van der Waals surface area contributed by atoms with Gasteiger partial charge < -0.3 is 15.2 Å². The minimum Gasteiger partial charge on any atom is -0.481 e. The molecule has 1 aromatic rings. The van der Waals surface area contributed by atoms with E-state index in [0.29, 0.717) is 17.7 Å². The Bertz CT molecular complexity index is 402. The van der Waals surface area contributed by atoms with Crippen LogP contribution >= 0.6 is 0 Å². The molecule has 1 fully saturated rings. The van der Waals surface area contributed by atoms with Crippen LogP contribution in [0.2, 0.25) is 0 Å². The van der Waals surface area contributed by atoms with Crippen molar-refractivity contribution in [2.45, 2.75) is 25.3 Å². The Morgan fingerprint density at radius 1 is 1.56 bits per heavy atom. The van der Waals surface area contributed by atoms with Crippen LogP contribution in [0.25, 0.3) is 0 Å². The maximum atomic E-state index is 10.9. The molecule has 2 rings (SSSR count). The van der Waals surface area contributed by atoms with Crippen LogP contribution in [0.15, 0.2) is 12.1 Å². The zero-order valence-electron chi connectivity index (χ0n) is 9.06. The van der Waals surface area contributed by atoms with Gasteiger partial charge in [0.25, 0.3) is 0 Å². The van der Waals surface area contributed by atoms with Crippen molar-refractivity contribution in [3.63, 3.8) is 0 Å². The lowest BCUT2D eigenvalue weighted by Crippen LogP contribution is -2.27. The molecule has 5 heteroatoms. The summed E-state index contributed by atoms with van der Waals surface area (Å²) in [5, 5.41) is 12.1. The number of hydrogen-bond acceptors (Lipinski definition) is 4. The topological polar surface area (TPSA) is 71.5 Å². The highest BCUT2D eigenvalue weighted by Crippen LogP contribution is 2.24. The summed E-state index contributed by atoms with van der Waals surface area (Å²) in [5.41, 5.74) is 0.189. The van der Waals surface area contributed by atoms with E-state index in [-0.39, 0.29) is 5.56 Å². The van der Waals surface area contributed by atoms with E-state index in [9.17, 15) is 4.79 Å².